The molecule has 0 unspecified atom stereocenters. The van der Waals surface area contributed by atoms with Crippen LogP contribution in [0.25, 0.3) is 0 Å². The van der Waals surface area contributed by atoms with Crippen LogP contribution in [0.1, 0.15) is 13.8 Å². The van der Waals surface area contributed by atoms with E-state index in [1.54, 1.807) is 0 Å². The fourth-order valence-corrected chi connectivity index (χ4v) is 0.758. The third kappa shape index (κ3) is 7.12. The summed E-state index contributed by atoms with van der Waals surface area (Å²) in [5, 5.41) is 17.2. The molecule has 0 radical (unpaired) electrons. The van der Waals surface area contributed by atoms with Crippen LogP contribution in [-0.4, -0.2) is 54.5 Å². The van der Waals surface area contributed by atoms with Crippen LogP contribution in [0.3, 0.4) is 0 Å². The normalized spacial score (nSPS) is 10.5. The number of ether oxygens (including phenoxy) is 2. The summed E-state index contributed by atoms with van der Waals surface area (Å²) >= 11 is 0. The van der Waals surface area contributed by atoms with Crippen molar-refractivity contribution in [3.8, 4) is 0 Å². The fourth-order valence-electron chi connectivity index (χ4n) is 0.758. The molecule has 0 bridgehead atoms. The first-order valence-electron chi connectivity index (χ1n) is 4.83. The van der Waals surface area contributed by atoms with Crippen LogP contribution in [0.15, 0.2) is 0 Å². The Morgan fingerprint density at radius 2 is 1.87 bits per heavy atom. The minimum Gasteiger partial charge on any atom is -0.447 e. The minimum atomic E-state index is -0.756. The van der Waals surface area contributed by atoms with Gasteiger partial charge in [-0.25, -0.2) is 4.79 Å². The highest BCUT2D eigenvalue weighted by Crippen LogP contribution is 1.94. The van der Waals surface area contributed by atoms with E-state index in [-0.39, 0.29) is 6.61 Å². The highest BCUT2D eigenvalue weighted by atomic mass is 16.6. The molecule has 0 aliphatic rings. The molecule has 90 valence electrons. The van der Waals surface area contributed by atoms with Crippen molar-refractivity contribution in [2.24, 2.45) is 5.92 Å². The number of aliphatic hydroxyl groups is 2. The number of hydrogen-bond acceptors (Lipinski definition) is 5. The lowest BCUT2D eigenvalue weighted by atomic mass is 10.2. The van der Waals surface area contributed by atoms with Crippen LogP contribution in [0.4, 0.5) is 4.79 Å². The quantitative estimate of drug-likeness (QED) is 0.467. The highest BCUT2D eigenvalue weighted by Gasteiger charge is 2.11. The Kier molecular flexibility index (Phi) is 7.98. The predicted molar refractivity (Wildman–Crippen MR) is 53.0 cm³/mol. The largest absolute Gasteiger partial charge is 0.447 e. The zero-order valence-electron chi connectivity index (χ0n) is 9.18. The maximum absolute atomic E-state index is 11.0. The van der Waals surface area contributed by atoms with E-state index in [4.69, 9.17) is 19.7 Å². The summed E-state index contributed by atoms with van der Waals surface area (Å²) in [4.78, 5) is 11.8. The molecule has 6 nitrogen and oxygen atoms in total. The molecular formula is C9H19NO5. The lowest BCUT2D eigenvalue weighted by molar-refractivity contribution is 0.00369. The molecule has 0 spiro atoms. The van der Waals surface area contributed by atoms with Crippen LogP contribution in [0.5, 0.6) is 0 Å². The Labute approximate surface area is 89.4 Å². The summed E-state index contributed by atoms with van der Waals surface area (Å²) in [5.41, 5.74) is 0. The van der Waals surface area contributed by atoms with Crippen molar-refractivity contribution >= 4 is 6.09 Å². The van der Waals surface area contributed by atoms with Crippen LogP contribution in [0, 0.1) is 5.92 Å². The van der Waals surface area contributed by atoms with E-state index in [9.17, 15) is 4.79 Å². The van der Waals surface area contributed by atoms with Gasteiger partial charge in [0.1, 0.15) is 20.1 Å². The van der Waals surface area contributed by atoms with Crippen molar-refractivity contribution in [2.45, 2.75) is 13.8 Å². The van der Waals surface area contributed by atoms with Gasteiger partial charge < -0.3 is 19.7 Å². The van der Waals surface area contributed by atoms with Crippen LogP contribution < -0.4 is 0 Å². The molecule has 0 aliphatic heterocycles. The second-order valence-corrected chi connectivity index (χ2v) is 3.41. The van der Waals surface area contributed by atoms with E-state index >= 15 is 0 Å². The van der Waals surface area contributed by atoms with Gasteiger partial charge in [-0.15, -0.1) is 0 Å². The van der Waals surface area contributed by atoms with E-state index in [0.29, 0.717) is 19.1 Å². The molecular weight excluding hydrogens is 202 g/mol. The Hall–Kier alpha value is -0.850. The van der Waals surface area contributed by atoms with Crippen LogP contribution in [0.2, 0.25) is 0 Å². The number of carbonyl (C=O) groups excluding carboxylic acids is 1. The maximum atomic E-state index is 11.0. The van der Waals surface area contributed by atoms with E-state index in [0.717, 1.165) is 4.90 Å². The Morgan fingerprint density at radius 1 is 1.27 bits per heavy atom. The summed E-state index contributed by atoms with van der Waals surface area (Å²) in [5.74, 6) is 0.437. The van der Waals surface area contributed by atoms with E-state index in [1.165, 1.54) is 0 Å². The molecule has 0 heterocycles. The monoisotopic (exact) mass is 221 g/mol. The molecule has 0 saturated carbocycles. The van der Waals surface area contributed by atoms with Gasteiger partial charge in [-0.2, -0.15) is 0 Å². The first kappa shape index (κ1) is 14.2. The summed E-state index contributed by atoms with van der Waals surface area (Å²) in [7, 11) is 0. The number of aliphatic hydroxyl groups excluding tert-OH is 2. The highest BCUT2D eigenvalue weighted by molar-refractivity contribution is 5.67. The molecule has 0 fully saturated rings. The zero-order chi connectivity index (χ0) is 11.7. The van der Waals surface area contributed by atoms with Crippen molar-refractivity contribution in [1.29, 1.82) is 0 Å². The average Bonchev–Trinajstić information content (AvgIpc) is 2.18. The molecule has 2 N–H and O–H groups in total. The summed E-state index contributed by atoms with van der Waals surface area (Å²) in [6.45, 7) is 3.94. The summed E-state index contributed by atoms with van der Waals surface area (Å²) in [6, 6.07) is 0. The van der Waals surface area contributed by atoms with Gasteiger partial charge in [-0.1, -0.05) is 13.8 Å². The number of hydrogen-bond donors (Lipinski definition) is 2. The van der Waals surface area contributed by atoms with Gasteiger partial charge in [0.15, 0.2) is 0 Å². The van der Waals surface area contributed by atoms with Crippen molar-refractivity contribution in [3.63, 3.8) is 0 Å². The van der Waals surface area contributed by atoms with E-state index in [1.807, 2.05) is 13.8 Å². The van der Waals surface area contributed by atoms with Crippen molar-refractivity contribution in [1.82, 2.24) is 4.90 Å². The Balaban J connectivity index is 3.46. The fraction of sp³-hybridized carbons (Fsp3) is 0.889. The Bertz CT molecular complexity index is 170. The third-order valence-corrected chi connectivity index (χ3v) is 1.50. The van der Waals surface area contributed by atoms with Crippen molar-refractivity contribution < 1.29 is 24.5 Å². The van der Waals surface area contributed by atoms with E-state index in [2.05, 4.69) is 0 Å². The molecule has 15 heavy (non-hydrogen) atoms. The van der Waals surface area contributed by atoms with Gasteiger partial charge in [0.05, 0.1) is 6.61 Å². The maximum Gasteiger partial charge on any atom is 0.413 e. The van der Waals surface area contributed by atoms with Gasteiger partial charge in [0.2, 0.25) is 0 Å². The summed E-state index contributed by atoms with van der Waals surface area (Å²) in [6.07, 6.45) is -0.756. The third-order valence-electron chi connectivity index (χ3n) is 1.50. The van der Waals surface area contributed by atoms with Crippen LogP contribution in [-0.2, 0) is 9.47 Å². The first-order valence-corrected chi connectivity index (χ1v) is 4.83. The molecule has 0 aromatic carbocycles. The van der Waals surface area contributed by atoms with Gasteiger partial charge in [0, 0.05) is 6.61 Å². The standard InChI is InChI=1S/C9H19NO5/c1-8(2)5-14-3-4-15-9(13)10(6-11)7-12/h8,11-12H,3-7H2,1-2H3. The van der Waals surface area contributed by atoms with E-state index < -0.39 is 19.6 Å². The summed E-state index contributed by atoms with van der Waals surface area (Å²) < 4.78 is 9.88. The SMILES string of the molecule is CC(C)COCCOC(=O)N(CO)CO. The second kappa shape index (κ2) is 8.46. The number of amides is 1. The molecule has 0 atom stereocenters. The predicted octanol–water partition coefficient (Wildman–Crippen LogP) is -0.00280. The van der Waals surface area contributed by atoms with Crippen molar-refractivity contribution in [3.05, 3.63) is 0 Å². The lowest BCUT2D eigenvalue weighted by Crippen LogP contribution is -2.33. The average molecular weight is 221 g/mol. The van der Waals surface area contributed by atoms with Gasteiger partial charge in [0.25, 0.3) is 0 Å². The van der Waals surface area contributed by atoms with Gasteiger partial charge >= 0.3 is 6.09 Å². The topological polar surface area (TPSA) is 79.2 Å². The minimum absolute atomic E-state index is 0.113. The smallest absolute Gasteiger partial charge is 0.413 e. The zero-order valence-corrected chi connectivity index (χ0v) is 9.18. The molecule has 0 aromatic heterocycles. The molecule has 1 amide bonds. The number of rotatable bonds is 7. The molecule has 6 heteroatoms. The molecule has 0 aliphatic carbocycles. The lowest BCUT2D eigenvalue weighted by Gasteiger charge is -2.16. The molecule has 0 rings (SSSR count). The second-order valence-electron chi connectivity index (χ2n) is 3.41. The Morgan fingerprint density at radius 3 is 2.33 bits per heavy atom. The number of nitrogens with zero attached hydrogens (tertiary/aromatic N) is 1. The molecule has 0 aromatic rings. The van der Waals surface area contributed by atoms with Gasteiger partial charge in [-0.3, -0.25) is 4.90 Å². The van der Waals surface area contributed by atoms with Crippen LogP contribution >= 0.6 is 0 Å². The van der Waals surface area contributed by atoms with Crippen molar-refractivity contribution in [2.75, 3.05) is 33.3 Å². The molecule has 0 saturated heterocycles. The first-order chi connectivity index (χ1) is 7.11. The van der Waals surface area contributed by atoms with Gasteiger partial charge in [-0.05, 0) is 5.92 Å². The number of carbonyl (C=O) groups is 1.